The van der Waals surface area contributed by atoms with Gasteiger partial charge in [0, 0.05) is 19.6 Å². The lowest BCUT2D eigenvalue weighted by Gasteiger charge is -2.25. The molecule has 0 unspecified atom stereocenters. The van der Waals surface area contributed by atoms with Crippen LogP contribution >= 0.6 is 0 Å². The maximum Gasteiger partial charge on any atom is 0.0102 e. The summed E-state index contributed by atoms with van der Waals surface area (Å²) in [6.45, 7) is 9.58. The van der Waals surface area contributed by atoms with Crippen LogP contribution in [0, 0.1) is 5.41 Å². The van der Waals surface area contributed by atoms with E-state index in [1.807, 2.05) is 0 Å². The normalized spacial score (nSPS) is 12.6. The van der Waals surface area contributed by atoms with Crippen molar-refractivity contribution < 1.29 is 0 Å². The van der Waals surface area contributed by atoms with Gasteiger partial charge in [0.2, 0.25) is 0 Å². The van der Waals surface area contributed by atoms with Crippen LogP contribution in [-0.4, -0.2) is 31.6 Å². The Morgan fingerprint density at radius 2 is 1.80 bits per heavy atom. The lowest BCUT2D eigenvalue weighted by molar-refractivity contribution is 0.232. The molecule has 0 atom stereocenters. The van der Waals surface area contributed by atoms with Crippen LogP contribution in [0.2, 0.25) is 0 Å². The molecule has 10 heavy (non-hydrogen) atoms. The molecule has 0 heterocycles. The second-order valence-corrected chi connectivity index (χ2v) is 4.09. The molecule has 2 heteroatoms. The topological polar surface area (TPSA) is 29.3 Å². The van der Waals surface area contributed by atoms with Crippen molar-refractivity contribution in [2.45, 2.75) is 20.8 Å². The Balaban J connectivity index is 3.47. The van der Waals surface area contributed by atoms with Crippen molar-refractivity contribution in [3.05, 3.63) is 0 Å². The first-order valence-electron chi connectivity index (χ1n) is 3.84. The van der Waals surface area contributed by atoms with E-state index in [0.29, 0.717) is 5.41 Å². The average Bonchev–Trinajstić information content (AvgIpc) is 1.59. The number of nitrogens with zero attached hydrogens (tertiary/aromatic N) is 1. The van der Waals surface area contributed by atoms with Crippen molar-refractivity contribution >= 4 is 0 Å². The van der Waals surface area contributed by atoms with E-state index in [1.54, 1.807) is 0 Å². The van der Waals surface area contributed by atoms with Crippen LogP contribution in [0.25, 0.3) is 0 Å². The fourth-order valence-corrected chi connectivity index (χ4v) is 1.11. The van der Waals surface area contributed by atoms with Crippen molar-refractivity contribution in [1.29, 1.82) is 0 Å². The maximum absolute atomic E-state index is 5.41. The van der Waals surface area contributed by atoms with E-state index in [-0.39, 0.29) is 0 Å². The summed E-state index contributed by atoms with van der Waals surface area (Å²) in [5.41, 5.74) is 5.80. The SMILES string of the molecule is CN(CCN)CC(C)(C)C. The van der Waals surface area contributed by atoms with Gasteiger partial charge in [-0.05, 0) is 12.5 Å². The van der Waals surface area contributed by atoms with E-state index in [4.69, 9.17) is 5.73 Å². The lowest BCUT2D eigenvalue weighted by atomic mass is 9.96. The van der Waals surface area contributed by atoms with Crippen LogP contribution in [0.3, 0.4) is 0 Å². The minimum absolute atomic E-state index is 0.393. The van der Waals surface area contributed by atoms with Gasteiger partial charge in [0.25, 0.3) is 0 Å². The van der Waals surface area contributed by atoms with Crippen molar-refractivity contribution in [3.8, 4) is 0 Å². The molecular weight excluding hydrogens is 124 g/mol. The van der Waals surface area contributed by atoms with Crippen molar-refractivity contribution in [2.75, 3.05) is 26.7 Å². The Morgan fingerprint density at radius 1 is 1.30 bits per heavy atom. The van der Waals surface area contributed by atoms with Crippen molar-refractivity contribution in [2.24, 2.45) is 11.1 Å². The summed E-state index contributed by atoms with van der Waals surface area (Å²) >= 11 is 0. The van der Waals surface area contributed by atoms with Crippen LogP contribution in [0.1, 0.15) is 20.8 Å². The Morgan fingerprint density at radius 3 is 2.10 bits per heavy atom. The summed E-state index contributed by atoms with van der Waals surface area (Å²) < 4.78 is 0. The molecule has 0 aromatic heterocycles. The molecule has 2 N–H and O–H groups in total. The maximum atomic E-state index is 5.41. The second-order valence-electron chi connectivity index (χ2n) is 4.09. The van der Waals surface area contributed by atoms with Crippen molar-refractivity contribution in [3.63, 3.8) is 0 Å². The molecule has 0 amide bonds. The third-order valence-corrected chi connectivity index (χ3v) is 1.26. The van der Waals surface area contributed by atoms with Gasteiger partial charge in [0.05, 0.1) is 0 Å². The smallest absolute Gasteiger partial charge is 0.0102 e. The third kappa shape index (κ3) is 6.05. The van der Waals surface area contributed by atoms with E-state index in [9.17, 15) is 0 Å². The number of rotatable bonds is 3. The molecule has 2 nitrogen and oxygen atoms in total. The highest BCUT2D eigenvalue weighted by molar-refractivity contribution is 4.66. The molecule has 0 aliphatic heterocycles. The Bertz CT molecular complexity index is 83.7. The van der Waals surface area contributed by atoms with Crippen LogP contribution < -0.4 is 5.73 Å². The summed E-state index contributed by atoms with van der Waals surface area (Å²) in [7, 11) is 2.11. The molecule has 0 bridgehead atoms. The fourth-order valence-electron chi connectivity index (χ4n) is 1.11. The molecule has 0 aromatic rings. The van der Waals surface area contributed by atoms with Gasteiger partial charge < -0.3 is 10.6 Å². The molecule has 0 aliphatic rings. The summed E-state index contributed by atoms with van der Waals surface area (Å²) in [4.78, 5) is 2.26. The van der Waals surface area contributed by atoms with E-state index in [2.05, 4.69) is 32.7 Å². The highest BCUT2D eigenvalue weighted by Gasteiger charge is 2.12. The highest BCUT2D eigenvalue weighted by atomic mass is 15.1. The van der Waals surface area contributed by atoms with Gasteiger partial charge in [-0.3, -0.25) is 0 Å². The minimum Gasteiger partial charge on any atom is -0.329 e. The van der Waals surface area contributed by atoms with E-state index in [1.165, 1.54) is 0 Å². The Labute approximate surface area is 64.4 Å². The summed E-state index contributed by atoms with van der Waals surface area (Å²) in [6.07, 6.45) is 0. The van der Waals surface area contributed by atoms with Gasteiger partial charge in [0.15, 0.2) is 0 Å². The van der Waals surface area contributed by atoms with Gasteiger partial charge in [0.1, 0.15) is 0 Å². The average molecular weight is 144 g/mol. The zero-order valence-electron chi connectivity index (χ0n) is 7.65. The third-order valence-electron chi connectivity index (χ3n) is 1.26. The zero-order valence-corrected chi connectivity index (χ0v) is 7.65. The van der Waals surface area contributed by atoms with E-state index < -0.39 is 0 Å². The lowest BCUT2D eigenvalue weighted by Crippen LogP contribution is -2.33. The molecule has 0 fully saturated rings. The number of likely N-dealkylation sites (N-methyl/N-ethyl adjacent to an activating group) is 1. The molecule has 0 aliphatic carbocycles. The molecule has 0 rings (SSSR count). The fraction of sp³-hybridized carbons (Fsp3) is 1.00. The minimum atomic E-state index is 0.393. The number of nitrogens with two attached hydrogens (primary N) is 1. The van der Waals surface area contributed by atoms with Gasteiger partial charge in [-0.15, -0.1) is 0 Å². The predicted molar refractivity (Wildman–Crippen MR) is 46.0 cm³/mol. The van der Waals surface area contributed by atoms with E-state index in [0.717, 1.165) is 19.6 Å². The second kappa shape index (κ2) is 3.94. The molecule has 62 valence electrons. The summed E-state index contributed by atoms with van der Waals surface area (Å²) in [6, 6.07) is 0. The molecule has 0 aromatic carbocycles. The van der Waals surface area contributed by atoms with Gasteiger partial charge in [-0.25, -0.2) is 0 Å². The standard InChI is InChI=1S/C8H20N2/c1-8(2,3)7-10(4)6-5-9/h5-7,9H2,1-4H3. The molecule has 0 spiro atoms. The monoisotopic (exact) mass is 144 g/mol. The predicted octanol–water partition coefficient (Wildman–Crippen LogP) is 0.923. The highest BCUT2D eigenvalue weighted by Crippen LogP contribution is 2.13. The van der Waals surface area contributed by atoms with E-state index >= 15 is 0 Å². The van der Waals surface area contributed by atoms with Crippen LogP contribution in [0.15, 0.2) is 0 Å². The summed E-state index contributed by atoms with van der Waals surface area (Å²) in [5, 5.41) is 0. The number of hydrogen-bond donors (Lipinski definition) is 1. The first kappa shape index (κ1) is 9.92. The first-order chi connectivity index (χ1) is 4.45. The largest absolute Gasteiger partial charge is 0.329 e. The van der Waals surface area contributed by atoms with Crippen LogP contribution in [0.4, 0.5) is 0 Å². The number of hydrogen-bond acceptors (Lipinski definition) is 2. The van der Waals surface area contributed by atoms with Gasteiger partial charge in [-0.2, -0.15) is 0 Å². The van der Waals surface area contributed by atoms with Gasteiger partial charge in [-0.1, -0.05) is 20.8 Å². The molecule has 0 saturated heterocycles. The zero-order chi connectivity index (χ0) is 8.20. The van der Waals surface area contributed by atoms with Crippen molar-refractivity contribution in [1.82, 2.24) is 4.90 Å². The quantitative estimate of drug-likeness (QED) is 0.638. The van der Waals surface area contributed by atoms with Gasteiger partial charge >= 0.3 is 0 Å². The molecule has 0 saturated carbocycles. The molecular formula is C8H20N2. The molecule has 0 radical (unpaired) electrons. The first-order valence-corrected chi connectivity index (χ1v) is 3.84. The van der Waals surface area contributed by atoms with Crippen LogP contribution in [-0.2, 0) is 0 Å². The Kier molecular flexibility index (Phi) is 3.91. The Hall–Kier alpha value is -0.0800. The van der Waals surface area contributed by atoms with Crippen LogP contribution in [0.5, 0.6) is 0 Å². The summed E-state index contributed by atoms with van der Waals surface area (Å²) in [5.74, 6) is 0.